The van der Waals surface area contributed by atoms with Gasteiger partial charge in [0.15, 0.2) is 0 Å². The van der Waals surface area contributed by atoms with Gasteiger partial charge in [0.1, 0.15) is 17.3 Å². The smallest absolute Gasteiger partial charge is 0.219 e. The van der Waals surface area contributed by atoms with Crippen LogP contribution in [0.1, 0.15) is 63.6 Å². The molecule has 0 aliphatic carbocycles. The third-order valence-corrected chi connectivity index (χ3v) is 5.73. The Bertz CT molecular complexity index is 1060. The number of hydrogen-bond acceptors (Lipinski definition) is 3. The molecule has 0 radical (unpaired) electrons. The topological polar surface area (TPSA) is 38.8 Å². The number of ether oxygens (including phenoxy) is 2. The van der Waals surface area contributed by atoms with Crippen molar-refractivity contribution >= 4 is 5.91 Å². The Hall–Kier alpha value is -3.34. The summed E-state index contributed by atoms with van der Waals surface area (Å²) in [5.74, 6) is 1.41. The summed E-state index contributed by atoms with van der Waals surface area (Å²) in [6.07, 6.45) is 0.928. The van der Waals surface area contributed by atoms with Gasteiger partial charge in [-0.05, 0) is 87.2 Å². The summed E-state index contributed by atoms with van der Waals surface area (Å²) in [5, 5.41) is 0. The van der Waals surface area contributed by atoms with E-state index in [1.165, 1.54) is 12.1 Å². The van der Waals surface area contributed by atoms with E-state index in [4.69, 9.17) is 9.47 Å². The molecule has 0 unspecified atom stereocenters. The van der Waals surface area contributed by atoms with Crippen molar-refractivity contribution in [2.24, 2.45) is 0 Å². The van der Waals surface area contributed by atoms with Gasteiger partial charge in [-0.15, -0.1) is 0 Å². The lowest BCUT2D eigenvalue weighted by atomic mass is 9.88. The maximum atomic E-state index is 13.6. The summed E-state index contributed by atoms with van der Waals surface area (Å²) in [6.45, 7) is 10.7. The monoisotopic (exact) mass is 477 g/mol. The zero-order valence-corrected chi connectivity index (χ0v) is 21.3. The minimum atomic E-state index is -0.261. The molecule has 3 rings (SSSR count). The Morgan fingerprint density at radius 1 is 0.771 bits per heavy atom. The van der Waals surface area contributed by atoms with Gasteiger partial charge in [-0.1, -0.05) is 36.4 Å². The minimum absolute atomic E-state index is 0.0195. The first-order chi connectivity index (χ1) is 16.7. The first kappa shape index (κ1) is 26.3. The van der Waals surface area contributed by atoms with Gasteiger partial charge in [0.2, 0.25) is 5.91 Å². The number of hydrogen-bond donors (Lipinski definition) is 0. The largest absolute Gasteiger partial charge is 0.491 e. The van der Waals surface area contributed by atoms with Gasteiger partial charge in [-0.25, -0.2) is 4.39 Å². The standard InChI is InChI=1S/C30H36FNO3/c1-21(2)34-28-14-6-24(7-15-28)20-32(23(5)33)19-18-30(25-8-12-27(31)13-9-25)26-10-16-29(17-11-26)35-22(3)4/h6-17,21-22,30H,18-20H2,1-5H3/t30-/m1/s1. The SMILES string of the molecule is CC(=O)N(CC[C@H](c1ccc(F)cc1)c1ccc(OC(C)C)cc1)Cc1ccc(OC(C)C)cc1. The Labute approximate surface area is 208 Å². The highest BCUT2D eigenvalue weighted by molar-refractivity contribution is 5.73. The first-order valence-corrected chi connectivity index (χ1v) is 12.2. The predicted octanol–water partition coefficient (Wildman–Crippen LogP) is 6.97. The molecule has 3 aromatic carbocycles. The molecule has 0 N–H and O–H groups in total. The van der Waals surface area contributed by atoms with Crippen LogP contribution in [0.4, 0.5) is 4.39 Å². The highest BCUT2D eigenvalue weighted by atomic mass is 19.1. The van der Waals surface area contributed by atoms with E-state index in [1.54, 1.807) is 6.92 Å². The Balaban J connectivity index is 1.76. The number of carbonyl (C=O) groups is 1. The molecule has 0 spiro atoms. The Kier molecular flexibility index (Phi) is 9.30. The molecule has 4 nitrogen and oxygen atoms in total. The van der Waals surface area contributed by atoms with Crippen molar-refractivity contribution in [2.45, 2.75) is 65.7 Å². The fourth-order valence-electron chi connectivity index (χ4n) is 4.07. The molecule has 0 fully saturated rings. The molecule has 0 saturated heterocycles. The molecule has 0 heterocycles. The number of nitrogens with zero attached hydrogens (tertiary/aromatic N) is 1. The third kappa shape index (κ3) is 8.13. The second kappa shape index (κ2) is 12.4. The molecule has 1 atom stereocenters. The van der Waals surface area contributed by atoms with Crippen LogP contribution in [-0.4, -0.2) is 29.6 Å². The van der Waals surface area contributed by atoms with Crippen LogP contribution in [0.15, 0.2) is 72.8 Å². The van der Waals surface area contributed by atoms with Crippen molar-refractivity contribution in [3.8, 4) is 11.5 Å². The van der Waals surface area contributed by atoms with Gasteiger partial charge in [0.05, 0.1) is 12.2 Å². The lowest BCUT2D eigenvalue weighted by Crippen LogP contribution is -2.30. The average Bonchev–Trinajstić information content (AvgIpc) is 2.80. The van der Waals surface area contributed by atoms with Crippen LogP contribution in [-0.2, 0) is 11.3 Å². The summed E-state index contributed by atoms with van der Waals surface area (Å²) in [6, 6.07) is 22.5. The summed E-state index contributed by atoms with van der Waals surface area (Å²) in [4.78, 5) is 14.3. The number of halogens is 1. The van der Waals surface area contributed by atoms with E-state index in [1.807, 2.05) is 81.1 Å². The molecule has 0 aliphatic rings. The lowest BCUT2D eigenvalue weighted by Gasteiger charge is -2.25. The third-order valence-electron chi connectivity index (χ3n) is 5.73. The zero-order valence-electron chi connectivity index (χ0n) is 21.3. The summed E-state index contributed by atoms with van der Waals surface area (Å²) in [7, 11) is 0. The minimum Gasteiger partial charge on any atom is -0.491 e. The van der Waals surface area contributed by atoms with E-state index in [0.29, 0.717) is 19.5 Å². The molecule has 186 valence electrons. The fraction of sp³-hybridized carbons (Fsp3) is 0.367. The van der Waals surface area contributed by atoms with Crippen LogP contribution in [0, 0.1) is 5.82 Å². The van der Waals surface area contributed by atoms with E-state index in [-0.39, 0.29) is 29.9 Å². The molecule has 0 aliphatic heterocycles. The normalized spacial score (nSPS) is 12.0. The van der Waals surface area contributed by atoms with Gasteiger partial charge in [-0.3, -0.25) is 4.79 Å². The van der Waals surface area contributed by atoms with Crippen molar-refractivity contribution < 1.29 is 18.7 Å². The Morgan fingerprint density at radius 3 is 1.69 bits per heavy atom. The highest BCUT2D eigenvalue weighted by Crippen LogP contribution is 2.30. The summed E-state index contributed by atoms with van der Waals surface area (Å²) in [5.41, 5.74) is 3.17. The first-order valence-electron chi connectivity index (χ1n) is 12.2. The number of rotatable bonds is 11. The quantitative estimate of drug-likeness (QED) is 0.299. The molecule has 0 saturated carbocycles. The number of carbonyl (C=O) groups excluding carboxylic acids is 1. The lowest BCUT2D eigenvalue weighted by molar-refractivity contribution is -0.129. The maximum Gasteiger partial charge on any atom is 0.219 e. The van der Waals surface area contributed by atoms with E-state index < -0.39 is 0 Å². The molecule has 35 heavy (non-hydrogen) atoms. The maximum absolute atomic E-state index is 13.6. The van der Waals surface area contributed by atoms with Crippen LogP contribution in [0.25, 0.3) is 0 Å². The molecule has 0 bridgehead atoms. The Morgan fingerprint density at radius 2 is 1.23 bits per heavy atom. The van der Waals surface area contributed by atoms with E-state index in [9.17, 15) is 9.18 Å². The average molecular weight is 478 g/mol. The van der Waals surface area contributed by atoms with Crippen LogP contribution < -0.4 is 9.47 Å². The predicted molar refractivity (Wildman–Crippen MR) is 138 cm³/mol. The van der Waals surface area contributed by atoms with Crippen LogP contribution in [0.2, 0.25) is 0 Å². The van der Waals surface area contributed by atoms with E-state index in [0.717, 1.165) is 28.2 Å². The molecule has 5 heteroatoms. The van der Waals surface area contributed by atoms with Crippen molar-refractivity contribution in [3.05, 3.63) is 95.3 Å². The second-order valence-electron chi connectivity index (χ2n) is 9.38. The van der Waals surface area contributed by atoms with Gasteiger partial charge in [0.25, 0.3) is 0 Å². The van der Waals surface area contributed by atoms with Gasteiger partial charge in [0, 0.05) is 25.9 Å². The molecule has 1 amide bonds. The van der Waals surface area contributed by atoms with Crippen LogP contribution in [0.3, 0.4) is 0 Å². The van der Waals surface area contributed by atoms with Crippen LogP contribution >= 0.6 is 0 Å². The summed E-state index contributed by atoms with van der Waals surface area (Å²) >= 11 is 0. The van der Waals surface area contributed by atoms with Crippen molar-refractivity contribution in [3.63, 3.8) is 0 Å². The van der Waals surface area contributed by atoms with Crippen molar-refractivity contribution in [1.29, 1.82) is 0 Å². The van der Waals surface area contributed by atoms with Gasteiger partial charge in [-0.2, -0.15) is 0 Å². The highest BCUT2D eigenvalue weighted by Gasteiger charge is 2.18. The molecule has 3 aromatic rings. The van der Waals surface area contributed by atoms with Crippen molar-refractivity contribution in [1.82, 2.24) is 4.90 Å². The molecular formula is C30H36FNO3. The molecule has 0 aromatic heterocycles. The van der Waals surface area contributed by atoms with Gasteiger partial charge < -0.3 is 14.4 Å². The van der Waals surface area contributed by atoms with E-state index >= 15 is 0 Å². The van der Waals surface area contributed by atoms with Gasteiger partial charge >= 0.3 is 0 Å². The number of benzene rings is 3. The van der Waals surface area contributed by atoms with Crippen LogP contribution in [0.5, 0.6) is 11.5 Å². The van der Waals surface area contributed by atoms with E-state index in [2.05, 4.69) is 12.1 Å². The fourth-order valence-corrected chi connectivity index (χ4v) is 4.07. The number of amides is 1. The van der Waals surface area contributed by atoms with Crippen molar-refractivity contribution in [2.75, 3.05) is 6.54 Å². The molecular weight excluding hydrogens is 441 g/mol. The second-order valence-corrected chi connectivity index (χ2v) is 9.38. The summed E-state index contributed by atoms with van der Waals surface area (Å²) < 4.78 is 25.1. The zero-order chi connectivity index (χ0) is 25.4.